The topological polar surface area (TPSA) is 43.0 Å². The Labute approximate surface area is 151 Å². The van der Waals surface area contributed by atoms with Crippen molar-refractivity contribution >= 4 is 0 Å². The minimum atomic E-state index is 0.625. The highest BCUT2D eigenvalue weighted by Crippen LogP contribution is 2.33. The van der Waals surface area contributed by atoms with Crippen LogP contribution in [0.4, 0.5) is 0 Å². The highest BCUT2D eigenvalue weighted by atomic mass is 16.5. The number of allylic oxidation sites excluding steroid dienone is 1. The zero-order valence-corrected chi connectivity index (χ0v) is 15.7. The van der Waals surface area contributed by atoms with Gasteiger partial charge in [0.05, 0.1) is 26.9 Å². The van der Waals surface area contributed by atoms with Crippen molar-refractivity contribution in [1.29, 1.82) is 0 Å². The van der Waals surface area contributed by atoms with Crippen LogP contribution in [0.3, 0.4) is 0 Å². The molecule has 1 aromatic rings. The van der Waals surface area contributed by atoms with Crippen LogP contribution in [0, 0.1) is 0 Å². The van der Waals surface area contributed by atoms with Crippen LogP contribution in [-0.2, 0) is 17.7 Å². The van der Waals surface area contributed by atoms with Crippen molar-refractivity contribution in [3.63, 3.8) is 0 Å². The zero-order chi connectivity index (χ0) is 17.9. The summed E-state index contributed by atoms with van der Waals surface area (Å²) in [5, 5.41) is 3.53. The van der Waals surface area contributed by atoms with Crippen LogP contribution in [0.5, 0.6) is 11.5 Å². The van der Waals surface area contributed by atoms with Crippen LogP contribution in [0.25, 0.3) is 0 Å². The highest BCUT2D eigenvalue weighted by molar-refractivity contribution is 5.50. The van der Waals surface area contributed by atoms with Gasteiger partial charge in [-0.05, 0) is 44.5 Å². The van der Waals surface area contributed by atoms with E-state index in [1.54, 1.807) is 7.11 Å². The molecule has 140 valence electrons. The molecular formula is C20H32N2O3. The maximum Gasteiger partial charge on any atom is 0.164 e. The molecule has 0 spiro atoms. The van der Waals surface area contributed by atoms with Crippen LogP contribution < -0.4 is 14.8 Å². The van der Waals surface area contributed by atoms with Crippen molar-refractivity contribution in [2.24, 2.45) is 0 Å². The average molecular weight is 348 g/mol. The van der Waals surface area contributed by atoms with E-state index in [2.05, 4.69) is 28.9 Å². The molecule has 1 heterocycles. The number of benzene rings is 1. The van der Waals surface area contributed by atoms with Gasteiger partial charge in [-0.2, -0.15) is 0 Å². The lowest BCUT2D eigenvalue weighted by molar-refractivity contribution is 0.0374. The Balaban J connectivity index is 1.85. The molecule has 1 N–H and O–H groups in total. The van der Waals surface area contributed by atoms with Gasteiger partial charge in [-0.15, -0.1) is 6.58 Å². The number of hydrogen-bond donors (Lipinski definition) is 1. The molecule has 1 aromatic carbocycles. The Bertz CT molecular complexity index is 528. The molecular weight excluding hydrogens is 316 g/mol. The number of hydrogen-bond acceptors (Lipinski definition) is 5. The quantitative estimate of drug-likeness (QED) is 0.492. The minimum Gasteiger partial charge on any atom is -0.493 e. The maximum absolute atomic E-state index is 5.77. The second-order valence-corrected chi connectivity index (χ2v) is 6.20. The van der Waals surface area contributed by atoms with Crippen LogP contribution in [0.15, 0.2) is 24.8 Å². The highest BCUT2D eigenvalue weighted by Gasteiger charge is 2.12. The van der Waals surface area contributed by atoms with E-state index in [1.165, 1.54) is 5.56 Å². The number of rotatable bonds is 11. The Kier molecular flexibility index (Phi) is 8.80. The molecule has 0 saturated carbocycles. The van der Waals surface area contributed by atoms with Gasteiger partial charge in [0.1, 0.15) is 0 Å². The van der Waals surface area contributed by atoms with Crippen molar-refractivity contribution in [3.8, 4) is 11.5 Å². The zero-order valence-electron chi connectivity index (χ0n) is 15.7. The molecule has 0 unspecified atom stereocenters. The molecule has 5 heteroatoms. The van der Waals surface area contributed by atoms with E-state index in [0.717, 1.165) is 75.8 Å². The van der Waals surface area contributed by atoms with Crippen molar-refractivity contribution < 1.29 is 14.2 Å². The molecule has 1 aliphatic rings. The molecule has 0 radical (unpaired) electrons. The summed E-state index contributed by atoms with van der Waals surface area (Å²) in [5.41, 5.74) is 2.34. The fourth-order valence-electron chi connectivity index (χ4n) is 3.08. The van der Waals surface area contributed by atoms with Gasteiger partial charge in [-0.25, -0.2) is 0 Å². The SMILES string of the molecule is C=CCc1cc(CNCCCN2CCOCC2)cc(OC)c1OCC. The molecule has 1 saturated heterocycles. The summed E-state index contributed by atoms with van der Waals surface area (Å²) in [6.07, 6.45) is 3.82. The molecule has 0 bridgehead atoms. The van der Waals surface area contributed by atoms with E-state index in [1.807, 2.05) is 13.0 Å². The normalized spacial score (nSPS) is 15.1. The summed E-state index contributed by atoms with van der Waals surface area (Å²) in [6.45, 7) is 13.3. The Hall–Kier alpha value is -1.56. The van der Waals surface area contributed by atoms with Gasteiger partial charge in [0.2, 0.25) is 0 Å². The van der Waals surface area contributed by atoms with Crippen molar-refractivity contribution in [2.75, 3.05) is 53.1 Å². The molecule has 0 amide bonds. The van der Waals surface area contributed by atoms with E-state index in [4.69, 9.17) is 14.2 Å². The van der Waals surface area contributed by atoms with E-state index >= 15 is 0 Å². The van der Waals surface area contributed by atoms with Gasteiger partial charge in [-0.3, -0.25) is 4.90 Å². The van der Waals surface area contributed by atoms with Gasteiger partial charge in [0, 0.05) is 25.2 Å². The van der Waals surface area contributed by atoms with Crippen molar-refractivity contribution in [3.05, 3.63) is 35.9 Å². The monoisotopic (exact) mass is 348 g/mol. The fraction of sp³-hybridized carbons (Fsp3) is 0.600. The van der Waals surface area contributed by atoms with Gasteiger partial charge in [-0.1, -0.05) is 12.1 Å². The lowest BCUT2D eigenvalue weighted by atomic mass is 10.1. The third-order valence-corrected chi connectivity index (χ3v) is 4.33. The third-order valence-electron chi connectivity index (χ3n) is 4.33. The second kappa shape index (κ2) is 11.1. The van der Waals surface area contributed by atoms with Crippen LogP contribution in [-0.4, -0.2) is 58.0 Å². The number of nitrogens with zero attached hydrogens (tertiary/aromatic N) is 1. The summed E-state index contributed by atoms with van der Waals surface area (Å²) < 4.78 is 16.7. The molecule has 0 atom stereocenters. The van der Waals surface area contributed by atoms with Crippen LogP contribution in [0.2, 0.25) is 0 Å². The molecule has 1 aliphatic heterocycles. The second-order valence-electron chi connectivity index (χ2n) is 6.20. The molecule has 1 fully saturated rings. The average Bonchev–Trinajstić information content (AvgIpc) is 2.64. The first-order chi connectivity index (χ1) is 12.3. The van der Waals surface area contributed by atoms with E-state index in [9.17, 15) is 0 Å². The van der Waals surface area contributed by atoms with E-state index in [-0.39, 0.29) is 0 Å². The molecule has 0 aliphatic carbocycles. The van der Waals surface area contributed by atoms with Crippen molar-refractivity contribution in [2.45, 2.75) is 26.3 Å². The van der Waals surface area contributed by atoms with Gasteiger partial charge in [0.15, 0.2) is 11.5 Å². The minimum absolute atomic E-state index is 0.625. The Morgan fingerprint density at radius 1 is 1.32 bits per heavy atom. The van der Waals surface area contributed by atoms with Crippen LogP contribution >= 0.6 is 0 Å². The summed E-state index contributed by atoms with van der Waals surface area (Å²) in [6, 6.07) is 4.25. The molecule has 25 heavy (non-hydrogen) atoms. The predicted molar refractivity (Wildman–Crippen MR) is 102 cm³/mol. The fourth-order valence-corrected chi connectivity index (χ4v) is 3.08. The van der Waals surface area contributed by atoms with Gasteiger partial charge in [0.25, 0.3) is 0 Å². The summed E-state index contributed by atoms with van der Waals surface area (Å²) in [4.78, 5) is 2.47. The third kappa shape index (κ3) is 6.34. The van der Waals surface area contributed by atoms with Crippen LogP contribution in [0.1, 0.15) is 24.5 Å². The molecule has 2 rings (SSSR count). The number of methoxy groups -OCH3 is 1. The lowest BCUT2D eigenvalue weighted by Gasteiger charge is -2.26. The summed E-state index contributed by atoms with van der Waals surface area (Å²) in [5.74, 6) is 1.63. The van der Waals surface area contributed by atoms with E-state index < -0.39 is 0 Å². The smallest absolute Gasteiger partial charge is 0.164 e. The standard InChI is InChI=1S/C20H32N2O3/c1-4-7-18-14-17(15-19(23-3)20(18)25-5-2)16-21-8-6-9-22-10-12-24-13-11-22/h4,14-15,21H,1,5-13,16H2,2-3H3. The van der Waals surface area contributed by atoms with Gasteiger partial charge < -0.3 is 19.5 Å². The van der Waals surface area contributed by atoms with Gasteiger partial charge >= 0.3 is 0 Å². The van der Waals surface area contributed by atoms with Crippen molar-refractivity contribution in [1.82, 2.24) is 10.2 Å². The first-order valence-electron chi connectivity index (χ1n) is 9.22. The largest absolute Gasteiger partial charge is 0.493 e. The summed E-state index contributed by atoms with van der Waals surface area (Å²) >= 11 is 0. The lowest BCUT2D eigenvalue weighted by Crippen LogP contribution is -2.37. The summed E-state index contributed by atoms with van der Waals surface area (Å²) in [7, 11) is 1.69. The first-order valence-corrected chi connectivity index (χ1v) is 9.22. The first kappa shape index (κ1) is 19.8. The molecule has 5 nitrogen and oxygen atoms in total. The maximum atomic E-state index is 5.77. The molecule has 0 aromatic heterocycles. The number of nitrogens with one attached hydrogen (secondary N) is 1. The Morgan fingerprint density at radius 2 is 2.12 bits per heavy atom. The number of ether oxygens (including phenoxy) is 3. The van der Waals surface area contributed by atoms with E-state index in [0.29, 0.717) is 6.61 Å². The Morgan fingerprint density at radius 3 is 2.80 bits per heavy atom. The number of morpholine rings is 1. The predicted octanol–water partition coefficient (Wildman–Crippen LogP) is 2.63.